The van der Waals surface area contributed by atoms with Gasteiger partial charge in [-0.1, -0.05) is 20.8 Å². The van der Waals surface area contributed by atoms with Gasteiger partial charge in [-0.25, -0.2) is 4.98 Å². The topological polar surface area (TPSA) is 64.4 Å². The Labute approximate surface area is 144 Å². The predicted octanol–water partition coefficient (Wildman–Crippen LogP) is 4.76. The SMILES string of the molecule is COc1ccc2oc(C(=O)Nc3nc(C(C)(C)C)cs3)c(C)c2c1. The number of methoxy groups -OCH3 is 1. The lowest BCUT2D eigenvalue weighted by atomic mass is 9.93. The van der Waals surface area contributed by atoms with Crippen molar-refractivity contribution in [3.63, 3.8) is 0 Å². The van der Waals surface area contributed by atoms with Crippen molar-refractivity contribution in [3.05, 3.63) is 40.6 Å². The number of rotatable bonds is 3. The van der Waals surface area contributed by atoms with E-state index in [-0.39, 0.29) is 11.3 Å². The minimum Gasteiger partial charge on any atom is -0.497 e. The number of carbonyl (C=O) groups is 1. The molecular formula is C18H20N2O3S. The third-order valence-corrected chi connectivity index (χ3v) is 4.60. The van der Waals surface area contributed by atoms with Crippen LogP contribution >= 0.6 is 11.3 Å². The molecule has 1 N–H and O–H groups in total. The summed E-state index contributed by atoms with van der Waals surface area (Å²) in [5.41, 5.74) is 2.35. The Bertz CT molecular complexity index is 903. The maximum Gasteiger partial charge on any atom is 0.293 e. The summed E-state index contributed by atoms with van der Waals surface area (Å²) < 4.78 is 10.9. The molecule has 24 heavy (non-hydrogen) atoms. The van der Waals surface area contributed by atoms with Gasteiger partial charge in [0.2, 0.25) is 0 Å². The smallest absolute Gasteiger partial charge is 0.293 e. The zero-order chi connectivity index (χ0) is 17.5. The van der Waals surface area contributed by atoms with E-state index in [1.807, 2.05) is 24.4 Å². The van der Waals surface area contributed by atoms with Crippen LogP contribution in [-0.4, -0.2) is 18.0 Å². The fourth-order valence-corrected chi connectivity index (χ4v) is 3.31. The van der Waals surface area contributed by atoms with Gasteiger partial charge in [-0.15, -0.1) is 11.3 Å². The van der Waals surface area contributed by atoms with Crippen LogP contribution in [0, 0.1) is 6.92 Å². The lowest BCUT2D eigenvalue weighted by Gasteiger charge is -2.14. The molecule has 3 rings (SSSR count). The number of aromatic nitrogens is 1. The van der Waals surface area contributed by atoms with Crippen molar-refractivity contribution < 1.29 is 13.9 Å². The van der Waals surface area contributed by atoms with Gasteiger partial charge in [0.05, 0.1) is 12.8 Å². The van der Waals surface area contributed by atoms with Gasteiger partial charge < -0.3 is 9.15 Å². The van der Waals surface area contributed by atoms with Crippen LogP contribution < -0.4 is 10.1 Å². The summed E-state index contributed by atoms with van der Waals surface area (Å²) in [6.45, 7) is 8.13. The third-order valence-electron chi connectivity index (χ3n) is 3.84. The van der Waals surface area contributed by atoms with Gasteiger partial charge in [-0.2, -0.15) is 0 Å². The molecule has 0 saturated carbocycles. The fourth-order valence-electron chi connectivity index (χ4n) is 2.37. The molecule has 0 atom stereocenters. The molecule has 0 saturated heterocycles. The first-order valence-electron chi connectivity index (χ1n) is 7.64. The van der Waals surface area contributed by atoms with Gasteiger partial charge in [0.25, 0.3) is 5.91 Å². The lowest BCUT2D eigenvalue weighted by Crippen LogP contribution is -2.14. The number of anilines is 1. The number of hydrogen-bond donors (Lipinski definition) is 1. The number of amides is 1. The van der Waals surface area contributed by atoms with Gasteiger partial charge >= 0.3 is 0 Å². The van der Waals surface area contributed by atoms with E-state index in [0.29, 0.717) is 16.5 Å². The Balaban J connectivity index is 1.89. The second kappa shape index (κ2) is 5.94. The normalized spacial score (nSPS) is 11.7. The number of aryl methyl sites for hydroxylation is 1. The number of furan rings is 1. The highest BCUT2D eigenvalue weighted by molar-refractivity contribution is 7.14. The first-order chi connectivity index (χ1) is 11.3. The second-order valence-corrected chi connectivity index (χ2v) is 7.52. The van der Waals surface area contributed by atoms with Crippen molar-refractivity contribution in [2.45, 2.75) is 33.1 Å². The van der Waals surface area contributed by atoms with Crippen LogP contribution in [0.1, 0.15) is 42.6 Å². The average molecular weight is 344 g/mol. The Morgan fingerprint density at radius 2 is 2.08 bits per heavy atom. The van der Waals surface area contributed by atoms with E-state index in [1.54, 1.807) is 13.2 Å². The van der Waals surface area contributed by atoms with Gasteiger partial charge in [0.1, 0.15) is 11.3 Å². The number of benzene rings is 1. The van der Waals surface area contributed by atoms with E-state index in [9.17, 15) is 4.79 Å². The summed E-state index contributed by atoms with van der Waals surface area (Å²) in [6.07, 6.45) is 0. The zero-order valence-electron chi connectivity index (χ0n) is 14.4. The molecule has 0 aliphatic heterocycles. The number of nitrogens with one attached hydrogen (secondary N) is 1. The summed E-state index contributed by atoms with van der Waals surface area (Å²) in [4.78, 5) is 17.0. The number of nitrogens with zero attached hydrogens (tertiary/aromatic N) is 1. The van der Waals surface area contributed by atoms with Crippen molar-refractivity contribution in [1.29, 1.82) is 0 Å². The number of fused-ring (bicyclic) bond motifs is 1. The Morgan fingerprint density at radius 3 is 2.71 bits per heavy atom. The molecule has 0 radical (unpaired) electrons. The molecule has 2 heterocycles. The van der Waals surface area contributed by atoms with E-state index in [4.69, 9.17) is 9.15 Å². The zero-order valence-corrected chi connectivity index (χ0v) is 15.2. The summed E-state index contributed by atoms with van der Waals surface area (Å²) >= 11 is 1.41. The third kappa shape index (κ3) is 3.01. The van der Waals surface area contributed by atoms with E-state index < -0.39 is 0 Å². The van der Waals surface area contributed by atoms with Crippen LogP contribution in [0.5, 0.6) is 5.75 Å². The van der Waals surface area contributed by atoms with Crippen LogP contribution in [0.25, 0.3) is 11.0 Å². The Morgan fingerprint density at radius 1 is 1.33 bits per heavy atom. The molecule has 1 amide bonds. The van der Waals surface area contributed by atoms with E-state index >= 15 is 0 Å². The highest BCUT2D eigenvalue weighted by Crippen LogP contribution is 2.30. The predicted molar refractivity (Wildman–Crippen MR) is 96.3 cm³/mol. The molecule has 1 aromatic carbocycles. The minimum absolute atomic E-state index is 0.0503. The van der Waals surface area contributed by atoms with Crippen LogP contribution in [0.15, 0.2) is 28.0 Å². The molecule has 0 fully saturated rings. The first kappa shape index (κ1) is 16.5. The van der Waals surface area contributed by atoms with Crippen molar-refractivity contribution in [3.8, 4) is 5.75 Å². The molecule has 126 valence electrons. The maximum atomic E-state index is 12.5. The monoisotopic (exact) mass is 344 g/mol. The molecule has 0 bridgehead atoms. The van der Waals surface area contributed by atoms with Gasteiger partial charge in [-0.05, 0) is 25.1 Å². The summed E-state index contributed by atoms with van der Waals surface area (Å²) in [5, 5.41) is 6.23. The molecule has 0 aliphatic carbocycles. The number of carbonyl (C=O) groups excluding carboxylic acids is 1. The largest absolute Gasteiger partial charge is 0.497 e. The molecule has 0 aliphatic rings. The summed E-state index contributed by atoms with van der Waals surface area (Å²) in [7, 11) is 1.61. The van der Waals surface area contributed by atoms with Crippen molar-refractivity contribution in [1.82, 2.24) is 4.98 Å². The van der Waals surface area contributed by atoms with Gasteiger partial charge in [0.15, 0.2) is 10.9 Å². The Hall–Kier alpha value is -2.34. The molecule has 2 aromatic heterocycles. The second-order valence-electron chi connectivity index (χ2n) is 6.66. The van der Waals surface area contributed by atoms with Crippen LogP contribution in [-0.2, 0) is 5.41 Å². The number of hydrogen-bond acceptors (Lipinski definition) is 5. The number of thiazole rings is 1. The Kier molecular flexibility index (Phi) is 4.09. The lowest BCUT2D eigenvalue weighted by molar-refractivity contribution is 0.0998. The van der Waals surface area contributed by atoms with Crippen molar-refractivity contribution >= 4 is 33.3 Å². The summed E-state index contributed by atoms with van der Waals surface area (Å²) in [5.74, 6) is 0.733. The quantitative estimate of drug-likeness (QED) is 0.744. The first-order valence-corrected chi connectivity index (χ1v) is 8.52. The minimum atomic E-state index is -0.294. The fraction of sp³-hybridized carbons (Fsp3) is 0.333. The number of ether oxygens (including phenoxy) is 1. The summed E-state index contributed by atoms with van der Waals surface area (Å²) in [6, 6.07) is 5.48. The standard InChI is InChI=1S/C18H20N2O3S/c1-10-12-8-11(22-5)6-7-13(12)23-15(10)16(21)20-17-19-14(9-24-17)18(2,3)4/h6-9H,1-5H3,(H,19,20,21). The molecule has 0 spiro atoms. The molecule has 6 heteroatoms. The molecule has 5 nitrogen and oxygen atoms in total. The van der Waals surface area contributed by atoms with E-state index in [2.05, 4.69) is 31.1 Å². The van der Waals surface area contributed by atoms with Crippen molar-refractivity contribution in [2.75, 3.05) is 12.4 Å². The van der Waals surface area contributed by atoms with Gasteiger partial charge in [0, 0.05) is 21.7 Å². The average Bonchev–Trinajstić information content (AvgIpc) is 3.12. The van der Waals surface area contributed by atoms with E-state index in [0.717, 1.165) is 22.4 Å². The van der Waals surface area contributed by atoms with Crippen molar-refractivity contribution in [2.24, 2.45) is 0 Å². The van der Waals surface area contributed by atoms with Crippen LogP contribution in [0.2, 0.25) is 0 Å². The maximum absolute atomic E-state index is 12.5. The van der Waals surface area contributed by atoms with Crippen LogP contribution in [0.3, 0.4) is 0 Å². The van der Waals surface area contributed by atoms with E-state index in [1.165, 1.54) is 11.3 Å². The molecular weight excluding hydrogens is 324 g/mol. The van der Waals surface area contributed by atoms with Gasteiger partial charge in [-0.3, -0.25) is 10.1 Å². The van der Waals surface area contributed by atoms with Crippen LogP contribution in [0.4, 0.5) is 5.13 Å². The molecule has 3 aromatic rings. The highest BCUT2D eigenvalue weighted by atomic mass is 32.1. The molecule has 0 unspecified atom stereocenters. The highest BCUT2D eigenvalue weighted by Gasteiger charge is 2.21.